The summed E-state index contributed by atoms with van der Waals surface area (Å²) in [5.74, 6) is -0.425. The molecule has 18 heavy (non-hydrogen) atoms. The number of nitrogens with one attached hydrogen (secondary N) is 1. The first kappa shape index (κ1) is 14.4. The van der Waals surface area contributed by atoms with E-state index in [1.807, 2.05) is 13.8 Å². The molecular weight excluding hydrogens is 300 g/mol. The van der Waals surface area contributed by atoms with Crippen molar-refractivity contribution in [1.82, 2.24) is 10.3 Å². The van der Waals surface area contributed by atoms with E-state index < -0.39 is 6.04 Å². The Kier molecular flexibility index (Phi) is 5.08. The first-order valence-corrected chi connectivity index (χ1v) is 6.15. The van der Waals surface area contributed by atoms with Crippen LogP contribution in [-0.2, 0) is 0 Å². The second-order valence-corrected chi connectivity index (χ2v) is 4.91. The molecule has 0 fully saturated rings. The molecule has 4 N–H and O–H groups in total. The van der Waals surface area contributed by atoms with E-state index in [0.29, 0.717) is 4.47 Å². The fraction of sp³-hybridized carbons (Fsp3) is 0.364. The highest BCUT2D eigenvalue weighted by atomic mass is 79.9. The van der Waals surface area contributed by atoms with Crippen LogP contribution in [0.4, 0.5) is 0 Å². The predicted octanol–water partition coefficient (Wildman–Crippen LogP) is 1.34. The van der Waals surface area contributed by atoms with Crippen LogP contribution in [0, 0.1) is 5.92 Å². The Hall–Kier alpha value is -1.63. The third-order valence-electron chi connectivity index (χ3n) is 2.36. The van der Waals surface area contributed by atoms with Crippen molar-refractivity contribution < 1.29 is 10.0 Å². The summed E-state index contributed by atoms with van der Waals surface area (Å²) in [4.78, 5) is 16.0. The Morgan fingerprint density at radius 1 is 1.61 bits per heavy atom. The van der Waals surface area contributed by atoms with Gasteiger partial charge in [-0.05, 0) is 34.0 Å². The molecule has 0 radical (unpaired) electrons. The van der Waals surface area contributed by atoms with E-state index in [1.54, 1.807) is 12.1 Å². The third-order valence-corrected chi connectivity index (χ3v) is 3.00. The summed E-state index contributed by atoms with van der Waals surface area (Å²) >= 11 is 3.24. The molecule has 0 aromatic carbocycles. The summed E-state index contributed by atoms with van der Waals surface area (Å²) in [5.41, 5.74) is 5.79. The van der Waals surface area contributed by atoms with Crippen LogP contribution in [0.2, 0.25) is 0 Å². The number of nitrogens with two attached hydrogens (primary N) is 1. The van der Waals surface area contributed by atoms with Crippen LogP contribution in [0.3, 0.4) is 0 Å². The lowest BCUT2D eigenvalue weighted by molar-refractivity contribution is 0.0933. The van der Waals surface area contributed by atoms with E-state index >= 15 is 0 Å². The SMILES string of the molecule is CC(C)C(NC(=O)c1ncccc1Br)/C(N)=N/O. The molecule has 1 unspecified atom stereocenters. The van der Waals surface area contributed by atoms with E-state index in [1.165, 1.54) is 6.20 Å². The predicted molar refractivity (Wildman–Crippen MR) is 71.4 cm³/mol. The summed E-state index contributed by atoms with van der Waals surface area (Å²) in [6.07, 6.45) is 1.52. The zero-order valence-corrected chi connectivity index (χ0v) is 11.7. The highest BCUT2D eigenvalue weighted by Crippen LogP contribution is 2.13. The zero-order valence-electron chi connectivity index (χ0n) is 10.1. The van der Waals surface area contributed by atoms with Crippen LogP contribution in [0.15, 0.2) is 28.0 Å². The Bertz CT molecular complexity index is 462. The number of pyridine rings is 1. The molecule has 1 heterocycles. The summed E-state index contributed by atoms with van der Waals surface area (Å²) in [6, 6.07) is 2.89. The molecule has 0 saturated heterocycles. The maximum absolute atomic E-state index is 12.0. The number of carbonyl (C=O) groups excluding carboxylic acids is 1. The van der Waals surface area contributed by atoms with Gasteiger partial charge < -0.3 is 16.3 Å². The van der Waals surface area contributed by atoms with Crippen LogP contribution in [0.5, 0.6) is 0 Å². The van der Waals surface area contributed by atoms with Gasteiger partial charge in [-0.25, -0.2) is 4.98 Å². The molecule has 1 amide bonds. The molecule has 6 nitrogen and oxygen atoms in total. The molecule has 1 aromatic rings. The van der Waals surface area contributed by atoms with Gasteiger partial charge in [-0.15, -0.1) is 0 Å². The molecule has 7 heteroatoms. The number of carbonyl (C=O) groups is 1. The number of amidine groups is 1. The minimum absolute atomic E-state index is 0.00709. The van der Waals surface area contributed by atoms with Crippen molar-refractivity contribution in [3.05, 3.63) is 28.5 Å². The second kappa shape index (κ2) is 6.34. The number of halogens is 1. The number of hydrogen-bond acceptors (Lipinski definition) is 4. The lowest BCUT2D eigenvalue weighted by Gasteiger charge is -2.20. The van der Waals surface area contributed by atoms with Crippen LogP contribution < -0.4 is 11.1 Å². The number of amides is 1. The molecule has 0 spiro atoms. The smallest absolute Gasteiger partial charge is 0.271 e. The van der Waals surface area contributed by atoms with Crippen molar-refractivity contribution in [3.63, 3.8) is 0 Å². The molecule has 0 aliphatic heterocycles. The largest absolute Gasteiger partial charge is 0.409 e. The number of oxime groups is 1. The highest BCUT2D eigenvalue weighted by molar-refractivity contribution is 9.10. The van der Waals surface area contributed by atoms with Gasteiger partial charge in [0, 0.05) is 10.7 Å². The number of rotatable bonds is 4. The first-order valence-electron chi connectivity index (χ1n) is 5.36. The van der Waals surface area contributed by atoms with Crippen molar-refractivity contribution in [2.45, 2.75) is 19.9 Å². The molecule has 0 bridgehead atoms. The number of aromatic nitrogens is 1. The van der Waals surface area contributed by atoms with Gasteiger partial charge in [-0.3, -0.25) is 4.79 Å². The van der Waals surface area contributed by atoms with Crippen molar-refractivity contribution in [2.24, 2.45) is 16.8 Å². The zero-order chi connectivity index (χ0) is 13.7. The fourth-order valence-electron chi connectivity index (χ4n) is 1.41. The summed E-state index contributed by atoms with van der Waals surface area (Å²) < 4.78 is 0.588. The Morgan fingerprint density at radius 3 is 2.78 bits per heavy atom. The maximum atomic E-state index is 12.0. The van der Waals surface area contributed by atoms with Crippen LogP contribution in [0.25, 0.3) is 0 Å². The Morgan fingerprint density at radius 2 is 2.28 bits per heavy atom. The van der Waals surface area contributed by atoms with E-state index in [9.17, 15) is 4.79 Å². The number of nitrogens with zero attached hydrogens (tertiary/aromatic N) is 2. The second-order valence-electron chi connectivity index (χ2n) is 4.05. The minimum atomic E-state index is -0.545. The highest BCUT2D eigenvalue weighted by Gasteiger charge is 2.22. The van der Waals surface area contributed by atoms with E-state index in [0.717, 1.165) is 0 Å². The van der Waals surface area contributed by atoms with Crippen LogP contribution >= 0.6 is 15.9 Å². The number of hydrogen-bond donors (Lipinski definition) is 3. The topological polar surface area (TPSA) is 101 Å². The van der Waals surface area contributed by atoms with E-state index in [4.69, 9.17) is 10.9 Å². The molecular formula is C11H15BrN4O2. The van der Waals surface area contributed by atoms with Crippen molar-refractivity contribution in [2.75, 3.05) is 0 Å². The Balaban J connectivity index is 2.89. The minimum Gasteiger partial charge on any atom is -0.409 e. The van der Waals surface area contributed by atoms with E-state index in [2.05, 4.69) is 31.4 Å². The molecule has 98 valence electrons. The van der Waals surface area contributed by atoms with Gasteiger partial charge in [0.05, 0.1) is 6.04 Å². The lowest BCUT2D eigenvalue weighted by Crippen LogP contribution is -2.48. The maximum Gasteiger partial charge on any atom is 0.271 e. The van der Waals surface area contributed by atoms with Crippen molar-refractivity contribution in [1.29, 1.82) is 0 Å². The van der Waals surface area contributed by atoms with E-state index in [-0.39, 0.29) is 23.4 Å². The van der Waals surface area contributed by atoms with Gasteiger partial charge in [-0.2, -0.15) is 0 Å². The standard InChI is InChI=1S/C11H15BrN4O2/c1-6(2)8(10(13)16-18)15-11(17)9-7(12)4-3-5-14-9/h3-6,8,18H,1-2H3,(H2,13,16)(H,15,17). The third kappa shape index (κ3) is 3.43. The van der Waals surface area contributed by atoms with Gasteiger partial charge in [0.1, 0.15) is 5.69 Å². The molecule has 1 rings (SSSR count). The van der Waals surface area contributed by atoms with Gasteiger partial charge >= 0.3 is 0 Å². The summed E-state index contributed by atoms with van der Waals surface area (Å²) in [7, 11) is 0. The van der Waals surface area contributed by atoms with Gasteiger partial charge in [-0.1, -0.05) is 19.0 Å². The normalized spacial score (nSPS) is 13.4. The lowest BCUT2D eigenvalue weighted by atomic mass is 10.0. The van der Waals surface area contributed by atoms with Gasteiger partial charge in [0.15, 0.2) is 5.84 Å². The van der Waals surface area contributed by atoms with Gasteiger partial charge in [0.25, 0.3) is 5.91 Å². The summed E-state index contributed by atoms with van der Waals surface area (Å²) in [5, 5.41) is 14.3. The molecule has 0 aliphatic rings. The first-order chi connectivity index (χ1) is 8.47. The fourth-order valence-corrected chi connectivity index (χ4v) is 1.84. The molecule has 1 aromatic heterocycles. The average Bonchev–Trinajstić information content (AvgIpc) is 2.35. The van der Waals surface area contributed by atoms with Crippen LogP contribution in [-0.4, -0.2) is 28.0 Å². The average molecular weight is 315 g/mol. The van der Waals surface area contributed by atoms with Gasteiger partial charge in [0.2, 0.25) is 0 Å². The quantitative estimate of drug-likeness (QED) is 0.338. The van der Waals surface area contributed by atoms with Crippen LogP contribution in [0.1, 0.15) is 24.3 Å². The molecule has 1 atom stereocenters. The van der Waals surface area contributed by atoms with Crippen molar-refractivity contribution >= 4 is 27.7 Å². The molecule has 0 saturated carbocycles. The molecule has 0 aliphatic carbocycles. The Labute approximate surface area is 113 Å². The van der Waals surface area contributed by atoms with Crippen molar-refractivity contribution in [3.8, 4) is 0 Å². The monoisotopic (exact) mass is 314 g/mol. The summed E-state index contributed by atoms with van der Waals surface area (Å²) in [6.45, 7) is 3.72.